The van der Waals surface area contributed by atoms with E-state index in [1.165, 1.54) is 11.8 Å². The number of rotatable bonds is 3. The van der Waals surface area contributed by atoms with Gasteiger partial charge in [0.1, 0.15) is 0 Å². The van der Waals surface area contributed by atoms with Crippen molar-refractivity contribution in [1.29, 1.82) is 0 Å². The van der Waals surface area contributed by atoms with Gasteiger partial charge < -0.3 is 5.11 Å². The van der Waals surface area contributed by atoms with Crippen LogP contribution in [-0.2, 0) is 12.1 Å². The van der Waals surface area contributed by atoms with Gasteiger partial charge in [0.05, 0.1) is 5.60 Å². The summed E-state index contributed by atoms with van der Waals surface area (Å²) in [5.74, 6) is -0.573. The molecule has 0 amide bonds. The maximum atomic E-state index is 13.8. The van der Waals surface area contributed by atoms with Gasteiger partial charge in [-0.25, -0.2) is 4.98 Å². The standard InChI is InChI=1S/C17H18ClFN2O/c18-14-5-3-13(4-6-14)12-21-10-7-17(22,8-11-21)15-2-1-9-20-16(15)19/h1-6,9,22H,7-8,10-12H2. The molecule has 2 aromatic rings. The molecule has 0 saturated carbocycles. The molecule has 0 bridgehead atoms. The first-order chi connectivity index (χ1) is 10.6. The Hall–Kier alpha value is -1.49. The molecule has 1 aliphatic rings. The summed E-state index contributed by atoms with van der Waals surface area (Å²) >= 11 is 5.89. The summed E-state index contributed by atoms with van der Waals surface area (Å²) < 4.78 is 13.8. The molecular formula is C17H18ClFN2O. The third-order valence-electron chi connectivity index (χ3n) is 4.26. The predicted molar refractivity (Wildman–Crippen MR) is 84.1 cm³/mol. The zero-order valence-corrected chi connectivity index (χ0v) is 12.9. The number of pyridine rings is 1. The second-order valence-corrected chi connectivity index (χ2v) is 6.21. The van der Waals surface area contributed by atoms with E-state index in [4.69, 9.17) is 11.6 Å². The number of likely N-dealkylation sites (tertiary alicyclic amines) is 1. The maximum absolute atomic E-state index is 13.8. The zero-order valence-electron chi connectivity index (χ0n) is 12.2. The highest BCUT2D eigenvalue weighted by molar-refractivity contribution is 6.30. The molecule has 0 aliphatic carbocycles. The molecule has 0 unspecified atom stereocenters. The topological polar surface area (TPSA) is 36.4 Å². The summed E-state index contributed by atoms with van der Waals surface area (Å²) in [5, 5.41) is 11.4. The number of aliphatic hydroxyl groups is 1. The van der Waals surface area contributed by atoms with Crippen molar-refractivity contribution >= 4 is 11.6 Å². The minimum Gasteiger partial charge on any atom is -0.385 e. The number of benzene rings is 1. The number of hydrogen-bond acceptors (Lipinski definition) is 3. The van der Waals surface area contributed by atoms with Crippen LogP contribution < -0.4 is 0 Å². The highest BCUT2D eigenvalue weighted by Crippen LogP contribution is 2.34. The molecule has 1 N–H and O–H groups in total. The van der Waals surface area contributed by atoms with Crippen molar-refractivity contribution in [3.05, 3.63) is 64.7 Å². The van der Waals surface area contributed by atoms with Crippen molar-refractivity contribution in [3.63, 3.8) is 0 Å². The number of aromatic nitrogens is 1. The first-order valence-corrected chi connectivity index (χ1v) is 7.75. The van der Waals surface area contributed by atoms with E-state index in [0.29, 0.717) is 31.5 Å². The van der Waals surface area contributed by atoms with Gasteiger partial charge in [-0.05, 0) is 36.6 Å². The summed E-state index contributed by atoms with van der Waals surface area (Å²) in [6.07, 6.45) is 2.41. The molecule has 1 fully saturated rings. The van der Waals surface area contributed by atoms with Crippen molar-refractivity contribution in [3.8, 4) is 0 Å². The lowest BCUT2D eigenvalue weighted by molar-refractivity contribution is -0.0308. The van der Waals surface area contributed by atoms with Crippen LogP contribution >= 0.6 is 11.6 Å². The third-order valence-corrected chi connectivity index (χ3v) is 4.52. The Morgan fingerprint density at radius 2 is 1.86 bits per heavy atom. The molecule has 2 heterocycles. The van der Waals surface area contributed by atoms with Gasteiger partial charge in [0, 0.05) is 36.4 Å². The van der Waals surface area contributed by atoms with Crippen LogP contribution in [0, 0.1) is 5.95 Å². The quantitative estimate of drug-likeness (QED) is 0.881. The number of halogens is 2. The van der Waals surface area contributed by atoms with E-state index in [1.54, 1.807) is 12.1 Å². The van der Waals surface area contributed by atoms with Gasteiger partial charge in [0.25, 0.3) is 0 Å². The fourth-order valence-electron chi connectivity index (χ4n) is 2.93. The molecule has 3 rings (SSSR count). The first kappa shape index (κ1) is 15.4. The van der Waals surface area contributed by atoms with Crippen LogP contribution in [0.1, 0.15) is 24.0 Å². The smallest absolute Gasteiger partial charge is 0.218 e. The predicted octanol–water partition coefficient (Wildman–Crippen LogP) is 3.36. The van der Waals surface area contributed by atoms with Crippen LogP contribution in [0.4, 0.5) is 4.39 Å². The first-order valence-electron chi connectivity index (χ1n) is 7.37. The Bertz CT molecular complexity index is 639. The lowest BCUT2D eigenvalue weighted by Crippen LogP contribution is -2.42. The average Bonchev–Trinajstić information content (AvgIpc) is 2.52. The molecule has 0 radical (unpaired) electrons. The molecule has 5 heteroatoms. The Morgan fingerprint density at radius 3 is 2.50 bits per heavy atom. The molecule has 3 nitrogen and oxygen atoms in total. The van der Waals surface area contributed by atoms with Gasteiger partial charge in [0.2, 0.25) is 5.95 Å². The fourth-order valence-corrected chi connectivity index (χ4v) is 3.06. The molecule has 1 aromatic carbocycles. The van der Waals surface area contributed by atoms with E-state index in [2.05, 4.69) is 9.88 Å². The minimum atomic E-state index is -1.12. The van der Waals surface area contributed by atoms with Crippen molar-refractivity contribution in [2.75, 3.05) is 13.1 Å². The molecule has 1 aromatic heterocycles. The Kier molecular flexibility index (Phi) is 4.43. The minimum absolute atomic E-state index is 0.307. The lowest BCUT2D eigenvalue weighted by Gasteiger charge is -2.38. The lowest BCUT2D eigenvalue weighted by atomic mass is 9.85. The van der Waals surface area contributed by atoms with Gasteiger partial charge in [0.15, 0.2) is 0 Å². The van der Waals surface area contributed by atoms with Crippen molar-refractivity contribution in [2.24, 2.45) is 0 Å². The van der Waals surface area contributed by atoms with Crippen molar-refractivity contribution in [2.45, 2.75) is 25.0 Å². The van der Waals surface area contributed by atoms with Crippen molar-refractivity contribution < 1.29 is 9.50 Å². The fraction of sp³-hybridized carbons (Fsp3) is 0.353. The van der Waals surface area contributed by atoms with Gasteiger partial charge in [-0.3, -0.25) is 4.90 Å². The van der Waals surface area contributed by atoms with Crippen LogP contribution in [0.3, 0.4) is 0 Å². The molecular weight excluding hydrogens is 303 g/mol. The number of nitrogens with zero attached hydrogens (tertiary/aromatic N) is 2. The Balaban J connectivity index is 1.65. The van der Waals surface area contributed by atoms with Gasteiger partial charge in [-0.2, -0.15) is 4.39 Å². The van der Waals surface area contributed by atoms with Crippen molar-refractivity contribution in [1.82, 2.24) is 9.88 Å². The molecule has 0 spiro atoms. The largest absolute Gasteiger partial charge is 0.385 e. The summed E-state index contributed by atoms with van der Waals surface area (Å²) in [6.45, 7) is 2.24. The van der Waals surface area contributed by atoms with E-state index < -0.39 is 11.5 Å². The van der Waals surface area contributed by atoms with Crippen LogP contribution in [0.5, 0.6) is 0 Å². The molecule has 116 valence electrons. The monoisotopic (exact) mass is 320 g/mol. The van der Waals surface area contributed by atoms with Crippen LogP contribution in [0.25, 0.3) is 0 Å². The van der Waals surface area contributed by atoms with E-state index in [9.17, 15) is 9.50 Å². The number of hydrogen-bond donors (Lipinski definition) is 1. The summed E-state index contributed by atoms with van der Waals surface area (Å²) in [7, 11) is 0. The molecule has 22 heavy (non-hydrogen) atoms. The second kappa shape index (κ2) is 6.32. The van der Waals surface area contributed by atoms with Crippen LogP contribution in [0.2, 0.25) is 5.02 Å². The normalized spacial score (nSPS) is 18.3. The van der Waals surface area contributed by atoms with Gasteiger partial charge in [-0.15, -0.1) is 0 Å². The van der Waals surface area contributed by atoms with Gasteiger partial charge in [-0.1, -0.05) is 29.8 Å². The number of piperidine rings is 1. The maximum Gasteiger partial charge on any atom is 0.218 e. The summed E-state index contributed by atoms with van der Waals surface area (Å²) in [6, 6.07) is 11.0. The van der Waals surface area contributed by atoms with Crippen LogP contribution in [-0.4, -0.2) is 28.1 Å². The average molecular weight is 321 g/mol. The molecule has 1 aliphatic heterocycles. The van der Waals surface area contributed by atoms with E-state index in [0.717, 1.165) is 11.6 Å². The van der Waals surface area contributed by atoms with E-state index >= 15 is 0 Å². The van der Waals surface area contributed by atoms with E-state index in [-0.39, 0.29) is 0 Å². The third kappa shape index (κ3) is 3.29. The SMILES string of the molecule is OC1(c2cccnc2F)CCN(Cc2ccc(Cl)cc2)CC1. The highest BCUT2D eigenvalue weighted by atomic mass is 35.5. The Labute approximate surface area is 134 Å². The van der Waals surface area contributed by atoms with E-state index in [1.807, 2.05) is 24.3 Å². The Morgan fingerprint density at radius 1 is 1.18 bits per heavy atom. The summed E-state index contributed by atoms with van der Waals surface area (Å²) in [5.41, 5.74) is 0.373. The zero-order chi connectivity index (χ0) is 15.6. The van der Waals surface area contributed by atoms with Crippen LogP contribution in [0.15, 0.2) is 42.6 Å². The molecule has 1 saturated heterocycles. The second-order valence-electron chi connectivity index (χ2n) is 5.78. The highest BCUT2D eigenvalue weighted by Gasteiger charge is 2.36. The molecule has 0 atom stereocenters. The van der Waals surface area contributed by atoms with Gasteiger partial charge >= 0.3 is 0 Å². The summed E-state index contributed by atoms with van der Waals surface area (Å²) in [4.78, 5) is 5.90.